The van der Waals surface area contributed by atoms with Gasteiger partial charge in [-0.05, 0) is 0 Å². The highest BCUT2D eigenvalue weighted by Crippen LogP contribution is 2.07. The SMILES string of the molecule is C.C.C.C.C.C.NNC(=O)COCCOCC(COCC(COCC(COCC(COCC(COCC(COCCOCC(=O)NN)OCCOCC(=O)NN)OCCOCC(=O)NN)OCCOCC(=O)NN)OCCOCC(=O)NN)OCCOCC(=O)NN)OCCOCC(=O)NN. The van der Waals surface area contributed by atoms with Crippen molar-refractivity contribution in [2.45, 2.75) is 81.2 Å². The van der Waals surface area contributed by atoms with Gasteiger partial charge in [-0.15, -0.1) is 0 Å². The van der Waals surface area contributed by atoms with E-state index in [-0.39, 0.29) is 282 Å². The van der Waals surface area contributed by atoms with Gasteiger partial charge in [0.2, 0.25) is 0 Å². The van der Waals surface area contributed by atoms with Crippen LogP contribution in [0.25, 0.3) is 0 Å². The molecule has 101 heavy (non-hydrogen) atoms. The number of carbonyl (C=O) groups excluding carboxylic acids is 8. The number of rotatable bonds is 70. The maximum Gasteiger partial charge on any atom is 0.259 e. The van der Waals surface area contributed by atoms with Crippen LogP contribution in [0.5, 0.6) is 0 Å². The third kappa shape index (κ3) is 71.4. The molecule has 6 unspecified atom stereocenters. The van der Waals surface area contributed by atoms with Crippen molar-refractivity contribution in [2.24, 2.45) is 46.7 Å². The molecule has 0 aromatic carbocycles. The Morgan fingerprint density at radius 3 is 0.416 bits per heavy atom. The van der Waals surface area contributed by atoms with E-state index in [4.69, 9.17) is 146 Å². The van der Waals surface area contributed by atoms with Crippen molar-refractivity contribution >= 4 is 47.3 Å². The summed E-state index contributed by atoms with van der Waals surface area (Å²) in [5, 5.41) is 0. The van der Waals surface area contributed by atoms with Crippen molar-refractivity contribution in [2.75, 3.05) is 238 Å². The molecule has 0 heterocycles. The molecule has 604 valence electrons. The van der Waals surface area contributed by atoms with Crippen LogP contribution in [0.15, 0.2) is 0 Å². The Labute approximate surface area is 592 Å². The molecular formula is C56H126N16O29. The Kier molecular flexibility index (Phi) is 86.6. The number of carbonyl (C=O) groups is 8. The molecule has 0 spiro atoms. The second-order valence-corrected chi connectivity index (χ2v) is 18.8. The van der Waals surface area contributed by atoms with Gasteiger partial charge >= 0.3 is 0 Å². The van der Waals surface area contributed by atoms with E-state index in [2.05, 4.69) is 0 Å². The van der Waals surface area contributed by atoms with Crippen LogP contribution in [-0.2, 0) is 138 Å². The lowest BCUT2D eigenvalue weighted by molar-refractivity contribution is -0.135. The summed E-state index contributed by atoms with van der Waals surface area (Å²) >= 11 is 0. The molecule has 6 atom stereocenters. The van der Waals surface area contributed by atoms with Gasteiger partial charge in [0.1, 0.15) is 89.5 Å². The Hall–Kier alpha value is -5.40. The number of nitrogens with two attached hydrogens (primary N) is 8. The average Bonchev–Trinajstić information content (AvgIpc) is 1.48. The fraction of sp³-hybridized carbons (Fsp3) is 0.857. The van der Waals surface area contributed by atoms with Gasteiger partial charge in [-0.1, -0.05) is 44.6 Å². The molecule has 0 aliphatic carbocycles. The zero-order valence-electron chi connectivity index (χ0n) is 53.4. The number of nitrogens with one attached hydrogen (secondary N) is 8. The summed E-state index contributed by atoms with van der Waals surface area (Å²) in [4.78, 5) is 92.5. The van der Waals surface area contributed by atoms with E-state index in [1.165, 1.54) is 0 Å². The van der Waals surface area contributed by atoms with Crippen LogP contribution in [-0.4, -0.2) is 322 Å². The first-order chi connectivity index (χ1) is 46.2. The molecule has 0 saturated heterocycles. The minimum Gasteiger partial charge on any atom is -0.376 e. The van der Waals surface area contributed by atoms with Crippen LogP contribution in [0.2, 0.25) is 0 Å². The van der Waals surface area contributed by atoms with Crippen LogP contribution in [0.1, 0.15) is 44.6 Å². The Bertz CT molecular complexity index is 1820. The van der Waals surface area contributed by atoms with Gasteiger partial charge in [0.05, 0.1) is 185 Å². The van der Waals surface area contributed by atoms with E-state index < -0.39 is 83.9 Å². The standard InChI is InChI=1S/C50H102N16O29.6CH4/c51-59-43(67)29-77-3-1-75-17-37(90-11-5-79-31-45(69)61-53)19-85-21-39(92-13-7-81-33-47(71)63-55)23-87-25-41(94-15-9-83-35-49(73)65-57)27-89-28-42(95-16-10-84-36-50(74)66-58)26-88-24-40(93-14-8-82-34-48(72)64-56)22-86-20-38(91-12-6-80-32-46(70)62-54)18-76-2-4-78-30-44(68)60-52;;;;;;/h37-42H,1-36,51-58H2,(H,59,67)(H,60,68)(H,61,69)(H,62,70)(H,63,71)(H,64,72)(H,65,73)(H,66,74);6*1H4. The first kappa shape index (κ1) is 109. The molecule has 0 aliphatic rings. The summed E-state index contributed by atoms with van der Waals surface area (Å²) in [5.74, 6) is 36.6. The monoisotopic (exact) mass is 1490 g/mol. The summed E-state index contributed by atoms with van der Waals surface area (Å²) in [5.41, 5.74) is 15.7. The van der Waals surface area contributed by atoms with Gasteiger partial charge in [-0.3, -0.25) is 81.8 Å². The van der Waals surface area contributed by atoms with Crippen LogP contribution in [0, 0.1) is 0 Å². The van der Waals surface area contributed by atoms with Crippen molar-refractivity contribution in [1.29, 1.82) is 0 Å². The first-order valence-corrected chi connectivity index (χ1v) is 29.5. The van der Waals surface area contributed by atoms with Crippen molar-refractivity contribution < 1.29 is 138 Å². The summed E-state index contributed by atoms with van der Waals surface area (Å²) in [6.07, 6.45) is -4.54. The average molecular weight is 1490 g/mol. The summed E-state index contributed by atoms with van der Waals surface area (Å²) in [6, 6.07) is 0. The minimum atomic E-state index is -0.808. The molecular weight excluding hydrogens is 1360 g/mol. The van der Waals surface area contributed by atoms with E-state index in [0.717, 1.165) is 0 Å². The zero-order valence-corrected chi connectivity index (χ0v) is 53.4. The van der Waals surface area contributed by atoms with Gasteiger partial charge in [-0.2, -0.15) is 0 Å². The van der Waals surface area contributed by atoms with Crippen molar-refractivity contribution in [3.63, 3.8) is 0 Å². The first-order valence-electron chi connectivity index (χ1n) is 29.5. The predicted molar refractivity (Wildman–Crippen MR) is 360 cm³/mol. The van der Waals surface area contributed by atoms with Crippen LogP contribution < -0.4 is 90.1 Å². The number of ether oxygens (including phenoxy) is 21. The van der Waals surface area contributed by atoms with E-state index in [1.807, 2.05) is 43.4 Å². The zero-order chi connectivity index (χ0) is 70.0. The largest absolute Gasteiger partial charge is 0.376 e. The molecule has 0 aromatic heterocycles. The normalized spacial score (nSPS) is 12.4. The van der Waals surface area contributed by atoms with Crippen LogP contribution in [0.3, 0.4) is 0 Å². The number of amides is 8. The van der Waals surface area contributed by atoms with E-state index in [1.54, 1.807) is 0 Å². The lowest BCUT2D eigenvalue weighted by Gasteiger charge is -2.24. The Morgan fingerprint density at radius 1 is 0.178 bits per heavy atom. The maximum absolute atomic E-state index is 11.7. The fourth-order valence-corrected chi connectivity index (χ4v) is 6.48. The molecule has 24 N–H and O–H groups in total. The van der Waals surface area contributed by atoms with Gasteiger partial charge in [0.25, 0.3) is 47.3 Å². The molecule has 0 rings (SSSR count). The van der Waals surface area contributed by atoms with Crippen molar-refractivity contribution in [3.8, 4) is 0 Å². The fourth-order valence-electron chi connectivity index (χ4n) is 6.48. The lowest BCUT2D eigenvalue weighted by atomic mass is 10.3. The predicted octanol–water partition coefficient (Wildman–Crippen LogP) is -8.72. The smallest absolute Gasteiger partial charge is 0.259 e. The molecule has 45 nitrogen and oxygen atoms in total. The van der Waals surface area contributed by atoms with E-state index in [9.17, 15) is 38.4 Å². The van der Waals surface area contributed by atoms with E-state index in [0.29, 0.717) is 0 Å². The highest BCUT2D eigenvalue weighted by Gasteiger charge is 2.21. The second-order valence-electron chi connectivity index (χ2n) is 18.8. The van der Waals surface area contributed by atoms with Crippen LogP contribution >= 0.6 is 0 Å². The van der Waals surface area contributed by atoms with Gasteiger partial charge in [0.15, 0.2) is 0 Å². The van der Waals surface area contributed by atoms with E-state index >= 15 is 0 Å². The molecule has 0 bridgehead atoms. The third-order valence-corrected chi connectivity index (χ3v) is 11.0. The van der Waals surface area contributed by atoms with Gasteiger partial charge in [-0.25, -0.2) is 46.7 Å². The number of hydrazine groups is 8. The molecule has 0 aliphatic heterocycles. The number of hydrogen-bond acceptors (Lipinski definition) is 37. The Balaban J connectivity index is -0.00000295. The highest BCUT2D eigenvalue weighted by atomic mass is 16.6. The number of hydrogen-bond donors (Lipinski definition) is 16. The molecule has 8 amide bonds. The maximum atomic E-state index is 11.7. The molecule has 0 saturated carbocycles. The molecule has 0 radical (unpaired) electrons. The van der Waals surface area contributed by atoms with Crippen molar-refractivity contribution in [3.05, 3.63) is 0 Å². The van der Waals surface area contributed by atoms with Gasteiger partial charge in [0, 0.05) is 0 Å². The topological polar surface area (TPSA) is 635 Å². The summed E-state index contributed by atoms with van der Waals surface area (Å²) in [6.45, 7) is -3.45. The van der Waals surface area contributed by atoms with Crippen LogP contribution in [0.4, 0.5) is 0 Å². The summed E-state index contributed by atoms with van der Waals surface area (Å²) in [7, 11) is 0. The molecule has 0 aromatic rings. The lowest BCUT2D eigenvalue weighted by Crippen LogP contribution is -2.36. The molecule has 0 fully saturated rings. The second kappa shape index (κ2) is 80.3. The highest BCUT2D eigenvalue weighted by molar-refractivity contribution is 5.78. The Morgan fingerprint density at radius 2 is 0.287 bits per heavy atom. The quantitative estimate of drug-likeness (QED) is 0.0116. The minimum absolute atomic E-state index is 0. The summed E-state index contributed by atoms with van der Waals surface area (Å²) < 4.78 is 120. The molecule has 45 heteroatoms. The van der Waals surface area contributed by atoms with Crippen molar-refractivity contribution in [1.82, 2.24) is 43.4 Å². The van der Waals surface area contributed by atoms with Gasteiger partial charge < -0.3 is 99.5 Å². The third-order valence-electron chi connectivity index (χ3n) is 11.0.